The average molecular weight is 358 g/mol. The fourth-order valence-corrected chi connectivity index (χ4v) is 2.41. The van der Waals surface area contributed by atoms with Gasteiger partial charge in [0.05, 0.1) is 6.54 Å². The van der Waals surface area contributed by atoms with Crippen molar-refractivity contribution in [2.75, 3.05) is 13.2 Å². The van der Waals surface area contributed by atoms with E-state index in [9.17, 15) is 22.8 Å². The molecule has 3 rings (SSSR count). The smallest absolute Gasteiger partial charge is 0.451 e. The normalized spacial score (nSPS) is 14.3. The zero-order valence-electron chi connectivity index (χ0n) is 13.0. The van der Waals surface area contributed by atoms with Crippen LogP contribution in [0, 0.1) is 6.92 Å². The number of aromatic nitrogens is 3. The minimum absolute atomic E-state index is 0.0433. The Labute approximate surface area is 138 Å². The van der Waals surface area contributed by atoms with E-state index in [1.165, 1.54) is 11.0 Å². The molecule has 2 aromatic heterocycles. The van der Waals surface area contributed by atoms with Crippen LogP contribution in [0.1, 0.15) is 17.4 Å². The Morgan fingerprint density at radius 3 is 2.80 bits per heavy atom. The quantitative estimate of drug-likeness (QED) is 0.812. The molecule has 1 aliphatic rings. The van der Waals surface area contributed by atoms with E-state index in [-0.39, 0.29) is 31.2 Å². The van der Waals surface area contributed by atoms with E-state index in [0.717, 1.165) is 10.8 Å². The highest BCUT2D eigenvalue weighted by Crippen LogP contribution is 2.29. The number of hydrogen-bond donors (Lipinski definition) is 0. The predicted octanol–water partition coefficient (Wildman–Crippen LogP) is 0.980. The molecule has 0 aliphatic carbocycles. The molecule has 0 radical (unpaired) electrons. The summed E-state index contributed by atoms with van der Waals surface area (Å²) < 4.78 is 49.4. The molecule has 0 N–H and O–H groups in total. The van der Waals surface area contributed by atoms with Gasteiger partial charge in [-0.2, -0.15) is 13.2 Å². The number of alkyl halides is 3. The minimum Gasteiger partial charge on any atom is -0.477 e. The molecule has 134 valence electrons. The second-order valence-corrected chi connectivity index (χ2v) is 5.41. The fourth-order valence-electron chi connectivity index (χ4n) is 2.41. The number of nitrogens with zero attached hydrogens (tertiary/aromatic N) is 4. The summed E-state index contributed by atoms with van der Waals surface area (Å²) in [5, 5.41) is 6.63. The van der Waals surface area contributed by atoms with Crippen LogP contribution >= 0.6 is 0 Å². The lowest BCUT2D eigenvalue weighted by atomic mass is 10.3. The molecular weight excluding hydrogens is 345 g/mol. The Balaban J connectivity index is 1.65. The summed E-state index contributed by atoms with van der Waals surface area (Å²) in [5.74, 6) is -1.23. The lowest BCUT2D eigenvalue weighted by Crippen LogP contribution is -2.41. The first-order chi connectivity index (χ1) is 11.8. The molecule has 0 aromatic carbocycles. The number of carbonyl (C=O) groups excluding carboxylic acids is 1. The van der Waals surface area contributed by atoms with E-state index in [0.29, 0.717) is 5.76 Å². The molecule has 1 amide bonds. The van der Waals surface area contributed by atoms with Crippen molar-refractivity contribution < 1.29 is 27.1 Å². The topological polar surface area (TPSA) is 90.5 Å². The molecule has 0 saturated carbocycles. The van der Waals surface area contributed by atoms with Gasteiger partial charge in [-0.05, 0) is 6.92 Å². The summed E-state index contributed by atoms with van der Waals surface area (Å²) in [4.78, 5) is 25.1. The molecule has 8 nitrogen and oxygen atoms in total. The second-order valence-electron chi connectivity index (χ2n) is 5.41. The van der Waals surface area contributed by atoms with Crippen LogP contribution in [-0.2, 0) is 24.1 Å². The number of aryl methyl sites for hydroxylation is 1. The van der Waals surface area contributed by atoms with Crippen molar-refractivity contribution in [3.8, 4) is 5.75 Å². The van der Waals surface area contributed by atoms with E-state index >= 15 is 0 Å². The molecule has 3 heterocycles. The summed E-state index contributed by atoms with van der Waals surface area (Å²) in [6, 6.07) is 1.22. The van der Waals surface area contributed by atoms with Crippen molar-refractivity contribution in [2.45, 2.75) is 26.2 Å². The van der Waals surface area contributed by atoms with E-state index in [1.54, 1.807) is 6.92 Å². The first-order valence-electron chi connectivity index (χ1n) is 7.25. The maximum atomic E-state index is 12.8. The first kappa shape index (κ1) is 17.0. The third-order valence-corrected chi connectivity index (χ3v) is 3.64. The molecule has 25 heavy (non-hydrogen) atoms. The summed E-state index contributed by atoms with van der Waals surface area (Å²) in [6.45, 7) is 1.02. The maximum Gasteiger partial charge on any atom is 0.451 e. The van der Waals surface area contributed by atoms with Gasteiger partial charge in [0.25, 0.3) is 5.91 Å². The molecule has 0 spiro atoms. The lowest BCUT2D eigenvalue weighted by molar-refractivity contribution is -0.148. The number of halogens is 3. The fraction of sp³-hybridized carbons (Fsp3) is 0.429. The van der Waals surface area contributed by atoms with Gasteiger partial charge in [-0.3, -0.25) is 9.59 Å². The van der Waals surface area contributed by atoms with Crippen molar-refractivity contribution in [2.24, 2.45) is 0 Å². The van der Waals surface area contributed by atoms with Crippen molar-refractivity contribution in [1.82, 2.24) is 19.7 Å². The van der Waals surface area contributed by atoms with E-state index in [4.69, 9.17) is 9.15 Å². The van der Waals surface area contributed by atoms with Crippen LogP contribution in [0.4, 0.5) is 13.2 Å². The number of hydrogen-bond acceptors (Lipinski definition) is 6. The predicted molar refractivity (Wildman–Crippen MR) is 75.7 cm³/mol. The SMILES string of the molecule is Cc1cc(=O)c(OCC(=O)N2CCn3c(nnc3C(F)(F)F)C2)co1. The van der Waals surface area contributed by atoms with Crippen LogP contribution < -0.4 is 10.2 Å². The lowest BCUT2D eigenvalue weighted by Gasteiger charge is -2.27. The van der Waals surface area contributed by atoms with Crippen LogP contribution in [0.25, 0.3) is 0 Å². The van der Waals surface area contributed by atoms with E-state index < -0.39 is 29.9 Å². The number of ether oxygens (including phenoxy) is 1. The van der Waals surface area contributed by atoms with Gasteiger partial charge < -0.3 is 18.6 Å². The summed E-state index contributed by atoms with van der Waals surface area (Å²) >= 11 is 0. The molecular formula is C14H13F3N4O4. The molecule has 11 heteroatoms. The first-order valence-corrected chi connectivity index (χ1v) is 7.25. The Morgan fingerprint density at radius 2 is 2.12 bits per heavy atom. The highest BCUT2D eigenvalue weighted by atomic mass is 19.4. The average Bonchev–Trinajstić information content (AvgIpc) is 2.97. The number of amides is 1. The molecule has 0 bridgehead atoms. The number of rotatable bonds is 3. The molecule has 1 aliphatic heterocycles. The minimum atomic E-state index is -4.60. The van der Waals surface area contributed by atoms with E-state index in [1.807, 2.05) is 0 Å². The van der Waals surface area contributed by atoms with Crippen molar-refractivity contribution in [3.05, 3.63) is 40.0 Å². The van der Waals surface area contributed by atoms with Gasteiger partial charge in [-0.1, -0.05) is 0 Å². The zero-order valence-corrected chi connectivity index (χ0v) is 13.0. The third-order valence-electron chi connectivity index (χ3n) is 3.64. The molecule has 0 unspecified atom stereocenters. The number of carbonyl (C=O) groups is 1. The van der Waals surface area contributed by atoms with Gasteiger partial charge in [-0.15, -0.1) is 10.2 Å². The summed E-state index contributed by atoms with van der Waals surface area (Å²) in [5.41, 5.74) is -0.426. The van der Waals surface area contributed by atoms with Gasteiger partial charge >= 0.3 is 6.18 Å². The van der Waals surface area contributed by atoms with Crippen LogP contribution in [0.2, 0.25) is 0 Å². The second kappa shape index (κ2) is 6.22. The van der Waals surface area contributed by atoms with Crippen LogP contribution in [-0.4, -0.2) is 38.7 Å². The Kier molecular flexibility index (Phi) is 4.23. The van der Waals surface area contributed by atoms with E-state index in [2.05, 4.69) is 10.2 Å². The Bertz CT molecular complexity index is 858. The molecule has 0 atom stereocenters. The van der Waals surface area contributed by atoms with Gasteiger partial charge in [-0.25, -0.2) is 0 Å². The largest absolute Gasteiger partial charge is 0.477 e. The highest BCUT2D eigenvalue weighted by Gasteiger charge is 2.39. The van der Waals surface area contributed by atoms with Crippen LogP contribution in [0.15, 0.2) is 21.5 Å². The van der Waals surface area contributed by atoms with Crippen molar-refractivity contribution in [1.29, 1.82) is 0 Å². The monoisotopic (exact) mass is 358 g/mol. The van der Waals surface area contributed by atoms with Gasteiger partial charge in [0.1, 0.15) is 12.0 Å². The zero-order chi connectivity index (χ0) is 18.2. The summed E-state index contributed by atoms with van der Waals surface area (Å²) in [7, 11) is 0. The Hall–Kier alpha value is -2.85. The Morgan fingerprint density at radius 1 is 1.36 bits per heavy atom. The van der Waals surface area contributed by atoms with Crippen molar-refractivity contribution in [3.63, 3.8) is 0 Å². The van der Waals surface area contributed by atoms with Gasteiger partial charge in [0, 0.05) is 19.2 Å². The highest BCUT2D eigenvalue weighted by molar-refractivity contribution is 5.77. The summed E-state index contributed by atoms with van der Waals surface area (Å²) in [6.07, 6.45) is -3.49. The molecule has 0 fully saturated rings. The standard InChI is InChI=1S/C14H13F3N4O4/c1-8-4-9(22)10(6-24-8)25-7-12(23)20-2-3-21-11(5-20)18-19-13(21)14(15,16)17/h4,6H,2-3,5,7H2,1H3. The van der Waals surface area contributed by atoms with Crippen LogP contribution in [0.5, 0.6) is 5.75 Å². The van der Waals surface area contributed by atoms with Crippen LogP contribution in [0.3, 0.4) is 0 Å². The molecule has 0 saturated heterocycles. The van der Waals surface area contributed by atoms with Gasteiger partial charge in [0.2, 0.25) is 17.0 Å². The molecule has 2 aromatic rings. The maximum absolute atomic E-state index is 12.8. The third kappa shape index (κ3) is 3.49. The van der Waals surface area contributed by atoms with Gasteiger partial charge in [0.15, 0.2) is 12.4 Å². The van der Waals surface area contributed by atoms with Crippen molar-refractivity contribution >= 4 is 5.91 Å². The number of fused-ring (bicyclic) bond motifs is 1.